The fourth-order valence-corrected chi connectivity index (χ4v) is 1.53. The molecule has 14 heavy (non-hydrogen) atoms. The first kappa shape index (κ1) is 8.99. The molecule has 0 fully saturated rings. The normalized spacial score (nSPS) is 10.8. The minimum atomic E-state index is 0.783. The third kappa shape index (κ3) is 1.69. The lowest BCUT2D eigenvalue weighted by Crippen LogP contribution is -2.05. The van der Waals surface area contributed by atoms with Crippen LogP contribution in [0.25, 0.3) is 0 Å². The third-order valence-corrected chi connectivity index (χ3v) is 2.20. The molecule has 4 heteroatoms. The smallest absolute Gasteiger partial charge is 0.0828 e. The van der Waals surface area contributed by atoms with Gasteiger partial charge in [-0.05, 0) is 26.0 Å². The molecule has 0 amide bonds. The zero-order valence-corrected chi connectivity index (χ0v) is 8.73. The summed E-state index contributed by atoms with van der Waals surface area (Å²) in [6.45, 7) is 4.77. The molecule has 0 aliphatic rings. The number of aryl methyl sites for hydroxylation is 3. The first-order chi connectivity index (χ1) is 6.65. The average molecular weight is 190 g/mol. The summed E-state index contributed by atoms with van der Waals surface area (Å²) in [7, 11) is 1.96. The highest BCUT2D eigenvalue weighted by molar-refractivity contribution is 5.09. The SMILES string of the molecule is Cc1ccn(Cc2cc(C)nn2C)n1. The van der Waals surface area contributed by atoms with Crippen LogP contribution in [-0.4, -0.2) is 19.6 Å². The van der Waals surface area contributed by atoms with Gasteiger partial charge < -0.3 is 0 Å². The van der Waals surface area contributed by atoms with Gasteiger partial charge in [0.05, 0.1) is 23.6 Å². The molecule has 0 unspecified atom stereocenters. The fourth-order valence-electron chi connectivity index (χ4n) is 1.53. The number of hydrogen-bond donors (Lipinski definition) is 0. The van der Waals surface area contributed by atoms with Gasteiger partial charge in [0.1, 0.15) is 0 Å². The van der Waals surface area contributed by atoms with Gasteiger partial charge in [0.2, 0.25) is 0 Å². The van der Waals surface area contributed by atoms with Crippen molar-refractivity contribution < 1.29 is 0 Å². The van der Waals surface area contributed by atoms with E-state index in [1.54, 1.807) is 0 Å². The summed E-state index contributed by atoms with van der Waals surface area (Å²) >= 11 is 0. The lowest BCUT2D eigenvalue weighted by molar-refractivity contribution is 0.615. The van der Waals surface area contributed by atoms with E-state index >= 15 is 0 Å². The Hall–Kier alpha value is -1.58. The molecule has 0 radical (unpaired) electrons. The van der Waals surface area contributed by atoms with Gasteiger partial charge in [-0.25, -0.2) is 0 Å². The minimum absolute atomic E-state index is 0.783. The van der Waals surface area contributed by atoms with E-state index in [4.69, 9.17) is 0 Å². The molecule has 74 valence electrons. The highest BCUT2D eigenvalue weighted by Gasteiger charge is 2.02. The lowest BCUT2D eigenvalue weighted by atomic mass is 10.4. The van der Waals surface area contributed by atoms with Gasteiger partial charge in [0, 0.05) is 13.2 Å². The molecule has 0 aliphatic carbocycles. The molecule has 2 aromatic rings. The van der Waals surface area contributed by atoms with Crippen LogP contribution in [0.1, 0.15) is 17.1 Å². The summed E-state index contributed by atoms with van der Waals surface area (Å²) < 4.78 is 3.82. The highest BCUT2D eigenvalue weighted by Crippen LogP contribution is 2.04. The van der Waals surface area contributed by atoms with Crippen LogP contribution in [0, 0.1) is 13.8 Å². The summed E-state index contributed by atoms with van der Waals surface area (Å²) in [5.41, 5.74) is 3.26. The van der Waals surface area contributed by atoms with Crippen LogP contribution in [0.2, 0.25) is 0 Å². The maximum absolute atomic E-state index is 4.33. The van der Waals surface area contributed by atoms with Crippen LogP contribution in [0.3, 0.4) is 0 Å². The van der Waals surface area contributed by atoms with Gasteiger partial charge >= 0.3 is 0 Å². The van der Waals surface area contributed by atoms with E-state index < -0.39 is 0 Å². The zero-order valence-electron chi connectivity index (χ0n) is 8.73. The Labute approximate surface area is 83.2 Å². The van der Waals surface area contributed by atoms with E-state index in [1.165, 1.54) is 5.69 Å². The number of aromatic nitrogens is 4. The molecule has 0 saturated heterocycles. The Morgan fingerprint density at radius 3 is 2.50 bits per heavy atom. The Morgan fingerprint density at radius 2 is 2.00 bits per heavy atom. The van der Waals surface area contributed by atoms with Crippen molar-refractivity contribution in [3.05, 3.63) is 35.4 Å². The zero-order chi connectivity index (χ0) is 10.1. The molecule has 2 aromatic heterocycles. The van der Waals surface area contributed by atoms with Crippen molar-refractivity contribution in [3.63, 3.8) is 0 Å². The Kier molecular flexibility index (Phi) is 2.11. The van der Waals surface area contributed by atoms with E-state index in [1.807, 2.05) is 42.5 Å². The predicted octanol–water partition coefficient (Wildman–Crippen LogP) is 1.28. The van der Waals surface area contributed by atoms with Gasteiger partial charge in [0.25, 0.3) is 0 Å². The van der Waals surface area contributed by atoms with Crippen molar-refractivity contribution in [3.8, 4) is 0 Å². The highest BCUT2D eigenvalue weighted by atomic mass is 15.3. The lowest BCUT2D eigenvalue weighted by Gasteiger charge is -2.01. The van der Waals surface area contributed by atoms with Crippen LogP contribution in [0.5, 0.6) is 0 Å². The molecule has 0 saturated carbocycles. The second-order valence-corrected chi connectivity index (χ2v) is 3.56. The summed E-state index contributed by atoms with van der Waals surface area (Å²) in [4.78, 5) is 0. The Bertz CT molecular complexity index is 439. The first-order valence-electron chi connectivity index (χ1n) is 4.65. The Balaban J connectivity index is 2.22. The van der Waals surface area contributed by atoms with Gasteiger partial charge in [-0.3, -0.25) is 9.36 Å². The number of rotatable bonds is 2. The summed E-state index contributed by atoms with van der Waals surface area (Å²) in [6.07, 6.45) is 1.98. The maximum Gasteiger partial charge on any atom is 0.0828 e. The van der Waals surface area contributed by atoms with Gasteiger partial charge in [0.15, 0.2) is 0 Å². The molecule has 0 aliphatic heterocycles. The van der Waals surface area contributed by atoms with Crippen molar-refractivity contribution >= 4 is 0 Å². The van der Waals surface area contributed by atoms with E-state index in [-0.39, 0.29) is 0 Å². The summed E-state index contributed by atoms with van der Waals surface area (Å²) in [6, 6.07) is 4.08. The Morgan fingerprint density at radius 1 is 1.21 bits per heavy atom. The van der Waals surface area contributed by atoms with Crippen molar-refractivity contribution in [1.29, 1.82) is 0 Å². The molecule has 0 spiro atoms. The molecule has 2 heterocycles. The standard InChI is InChI=1S/C10H14N4/c1-8-4-5-14(12-8)7-10-6-9(2)11-13(10)3/h4-6H,7H2,1-3H3. The van der Waals surface area contributed by atoms with Gasteiger partial charge in [-0.2, -0.15) is 10.2 Å². The monoisotopic (exact) mass is 190 g/mol. The van der Waals surface area contributed by atoms with Gasteiger partial charge in [-0.15, -0.1) is 0 Å². The molecule has 0 atom stereocenters. The number of hydrogen-bond acceptors (Lipinski definition) is 2. The summed E-state index contributed by atoms with van der Waals surface area (Å²) in [5.74, 6) is 0. The van der Waals surface area contributed by atoms with E-state index in [9.17, 15) is 0 Å². The molecule has 2 rings (SSSR count). The largest absolute Gasteiger partial charge is 0.270 e. The van der Waals surface area contributed by atoms with Crippen LogP contribution in [0.15, 0.2) is 18.3 Å². The van der Waals surface area contributed by atoms with E-state index in [0.29, 0.717) is 0 Å². The van der Waals surface area contributed by atoms with Crippen molar-refractivity contribution in [2.24, 2.45) is 7.05 Å². The van der Waals surface area contributed by atoms with Crippen LogP contribution < -0.4 is 0 Å². The molecule has 0 aromatic carbocycles. The van der Waals surface area contributed by atoms with Crippen LogP contribution >= 0.6 is 0 Å². The van der Waals surface area contributed by atoms with Crippen molar-refractivity contribution in [1.82, 2.24) is 19.6 Å². The molecular formula is C10H14N4. The second-order valence-electron chi connectivity index (χ2n) is 3.56. The fraction of sp³-hybridized carbons (Fsp3) is 0.400. The quantitative estimate of drug-likeness (QED) is 0.715. The van der Waals surface area contributed by atoms with E-state index in [0.717, 1.165) is 17.9 Å². The number of nitrogens with zero attached hydrogens (tertiary/aromatic N) is 4. The third-order valence-electron chi connectivity index (χ3n) is 2.20. The minimum Gasteiger partial charge on any atom is -0.270 e. The van der Waals surface area contributed by atoms with Crippen LogP contribution in [0.4, 0.5) is 0 Å². The topological polar surface area (TPSA) is 35.6 Å². The van der Waals surface area contributed by atoms with Gasteiger partial charge in [-0.1, -0.05) is 0 Å². The molecule has 0 N–H and O–H groups in total. The second kappa shape index (κ2) is 3.29. The molecular weight excluding hydrogens is 176 g/mol. The molecule has 4 nitrogen and oxygen atoms in total. The molecule has 0 bridgehead atoms. The maximum atomic E-state index is 4.33. The first-order valence-corrected chi connectivity index (χ1v) is 4.65. The van der Waals surface area contributed by atoms with Crippen LogP contribution in [-0.2, 0) is 13.6 Å². The summed E-state index contributed by atoms with van der Waals surface area (Å²) in [5, 5.41) is 8.62. The van der Waals surface area contributed by atoms with E-state index in [2.05, 4.69) is 16.3 Å². The predicted molar refractivity (Wildman–Crippen MR) is 54.0 cm³/mol. The van der Waals surface area contributed by atoms with Crippen molar-refractivity contribution in [2.75, 3.05) is 0 Å². The average Bonchev–Trinajstić information content (AvgIpc) is 2.61. The van der Waals surface area contributed by atoms with Crippen molar-refractivity contribution in [2.45, 2.75) is 20.4 Å².